The van der Waals surface area contributed by atoms with Crippen LogP contribution in [0.5, 0.6) is 0 Å². The number of rotatable bonds is 2. The molecule has 1 heterocycles. The van der Waals surface area contributed by atoms with E-state index in [2.05, 4.69) is 10.3 Å². The summed E-state index contributed by atoms with van der Waals surface area (Å²) in [5, 5.41) is 14.7. The van der Waals surface area contributed by atoms with Crippen LogP contribution in [-0.4, -0.2) is 15.0 Å². The lowest BCUT2D eigenvalue weighted by Gasteiger charge is -2.02. The predicted octanol–water partition coefficient (Wildman–Crippen LogP) is 1.58. The Labute approximate surface area is 77.9 Å². The van der Waals surface area contributed by atoms with Gasteiger partial charge in [0, 0.05) is 6.54 Å². The van der Waals surface area contributed by atoms with Crippen LogP contribution >= 0.6 is 0 Å². The molecule has 4 nitrogen and oxygen atoms in total. The molecule has 0 bridgehead atoms. The molecular formula is C7H7F3N4. The first-order chi connectivity index (χ1) is 6.50. The van der Waals surface area contributed by atoms with E-state index in [0.717, 1.165) is 4.68 Å². The largest absolute Gasteiger partial charge is 0.438 e. The highest BCUT2D eigenvalue weighted by atomic mass is 19.4. The van der Waals surface area contributed by atoms with Crippen molar-refractivity contribution in [1.29, 1.82) is 5.26 Å². The zero-order chi connectivity index (χ0) is 10.8. The second kappa shape index (κ2) is 3.65. The summed E-state index contributed by atoms with van der Waals surface area (Å²) in [4.78, 5) is 0. The first-order valence-electron chi connectivity index (χ1n) is 3.91. The van der Waals surface area contributed by atoms with Gasteiger partial charge in [-0.25, -0.2) is 4.68 Å². The fourth-order valence-electron chi connectivity index (χ4n) is 0.983. The molecule has 0 fully saturated rings. The Morgan fingerprint density at radius 3 is 2.57 bits per heavy atom. The quantitative estimate of drug-likeness (QED) is 0.734. The number of halogens is 3. The van der Waals surface area contributed by atoms with E-state index >= 15 is 0 Å². The molecule has 0 aliphatic rings. The summed E-state index contributed by atoms with van der Waals surface area (Å²) >= 11 is 0. The van der Waals surface area contributed by atoms with Gasteiger partial charge in [-0.05, 0) is 6.42 Å². The Balaban J connectivity index is 3.16. The van der Waals surface area contributed by atoms with Crippen LogP contribution in [0.25, 0.3) is 0 Å². The van der Waals surface area contributed by atoms with Gasteiger partial charge in [0.25, 0.3) is 0 Å². The van der Waals surface area contributed by atoms with Gasteiger partial charge in [-0.15, -0.1) is 5.10 Å². The van der Waals surface area contributed by atoms with Crippen molar-refractivity contribution in [2.75, 3.05) is 0 Å². The van der Waals surface area contributed by atoms with E-state index < -0.39 is 17.6 Å². The maximum absolute atomic E-state index is 12.2. The van der Waals surface area contributed by atoms with E-state index in [4.69, 9.17) is 5.26 Å². The fourth-order valence-corrected chi connectivity index (χ4v) is 0.983. The molecule has 0 saturated carbocycles. The van der Waals surface area contributed by atoms with Crippen molar-refractivity contribution < 1.29 is 13.2 Å². The van der Waals surface area contributed by atoms with Gasteiger partial charge in [-0.1, -0.05) is 12.1 Å². The maximum Gasteiger partial charge on any atom is 0.438 e. The summed E-state index contributed by atoms with van der Waals surface area (Å²) in [7, 11) is 0. The molecule has 76 valence electrons. The summed E-state index contributed by atoms with van der Waals surface area (Å²) in [5.41, 5.74) is -1.74. The number of hydrogen-bond donors (Lipinski definition) is 0. The zero-order valence-corrected chi connectivity index (χ0v) is 7.34. The van der Waals surface area contributed by atoms with Crippen LogP contribution in [0, 0.1) is 11.3 Å². The molecule has 0 spiro atoms. The maximum atomic E-state index is 12.2. The molecule has 1 aromatic rings. The Hall–Kier alpha value is -1.58. The van der Waals surface area contributed by atoms with Crippen LogP contribution in [-0.2, 0) is 12.7 Å². The van der Waals surface area contributed by atoms with Gasteiger partial charge >= 0.3 is 6.18 Å². The molecule has 0 saturated heterocycles. The van der Waals surface area contributed by atoms with Crippen LogP contribution in [0.3, 0.4) is 0 Å². The molecule has 0 aliphatic heterocycles. The molecule has 0 N–H and O–H groups in total. The summed E-state index contributed by atoms with van der Waals surface area (Å²) in [5.74, 6) is 0. The van der Waals surface area contributed by atoms with Gasteiger partial charge in [0.2, 0.25) is 5.69 Å². The summed E-state index contributed by atoms with van der Waals surface area (Å²) in [6.07, 6.45) is -4.02. The molecule has 0 atom stereocenters. The topological polar surface area (TPSA) is 54.5 Å². The monoisotopic (exact) mass is 204 g/mol. The van der Waals surface area contributed by atoms with E-state index in [0.29, 0.717) is 6.42 Å². The van der Waals surface area contributed by atoms with E-state index in [-0.39, 0.29) is 6.54 Å². The van der Waals surface area contributed by atoms with Gasteiger partial charge in [-0.3, -0.25) is 0 Å². The molecule has 0 aromatic carbocycles. The minimum atomic E-state index is -4.61. The third kappa shape index (κ3) is 1.84. The van der Waals surface area contributed by atoms with Crippen LogP contribution in [0.15, 0.2) is 0 Å². The summed E-state index contributed by atoms with van der Waals surface area (Å²) in [6.45, 7) is 2.03. The molecule has 1 aromatic heterocycles. The van der Waals surface area contributed by atoms with Crippen molar-refractivity contribution in [2.24, 2.45) is 0 Å². The minimum Gasteiger partial charge on any atom is -0.234 e. The summed E-state index contributed by atoms with van der Waals surface area (Å²) < 4.78 is 37.6. The average molecular weight is 204 g/mol. The molecule has 0 radical (unpaired) electrons. The molecule has 7 heteroatoms. The van der Waals surface area contributed by atoms with E-state index in [1.54, 1.807) is 6.92 Å². The van der Waals surface area contributed by atoms with Crippen LogP contribution in [0.4, 0.5) is 13.2 Å². The highest BCUT2D eigenvalue weighted by Crippen LogP contribution is 2.29. The standard InChI is InChI=1S/C7H7F3N4/c1-2-3-14-5(4-11)6(12-13-14)7(8,9)10/h2-3H2,1H3. The first-order valence-corrected chi connectivity index (χ1v) is 3.91. The number of nitriles is 1. The lowest BCUT2D eigenvalue weighted by atomic mass is 10.3. The minimum absolute atomic E-state index is 0.256. The highest BCUT2D eigenvalue weighted by Gasteiger charge is 2.38. The third-order valence-electron chi connectivity index (χ3n) is 1.54. The van der Waals surface area contributed by atoms with Crippen LogP contribution in [0.1, 0.15) is 24.7 Å². The van der Waals surface area contributed by atoms with E-state index in [1.165, 1.54) is 6.07 Å². The lowest BCUT2D eigenvalue weighted by molar-refractivity contribution is -0.141. The number of alkyl halides is 3. The van der Waals surface area contributed by atoms with E-state index in [1.807, 2.05) is 0 Å². The Morgan fingerprint density at radius 1 is 1.50 bits per heavy atom. The van der Waals surface area contributed by atoms with Crippen molar-refractivity contribution in [2.45, 2.75) is 26.1 Å². The van der Waals surface area contributed by atoms with Gasteiger partial charge in [-0.2, -0.15) is 18.4 Å². The Bertz CT molecular complexity index is 360. The van der Waals surface area contributed by atoms with Crippen molar-refractivity contribution in [1.82, 2.24) is 15.0 Å². The molecule has 14 heavy (non-hydrogen) atoms. The third-order valence-corrected chi connectivity index (χ3v) is 1.54. The van der Waals surface area contributed by atoms with Crippen molar-refractivity contribution in [3.8, 4) is 6.07 Å². The smallest absolute Gasteiger partial charge is 0.234 e. The Kier molecular flexibility index (Phi) is 2.74. The molecular weight excluding hydrogens is 197 g/mol. The summed E-state index contributed by atoms with van der Waals surface area (Å²) in [6, 6.07) is 1.45. The van der Waals surface area contributed by atoms with Crippen molar-refractivity contribution in [3.63, 3.8) is 0 Å². The number of aryl methyl sites for hydroxylation is 1. The number of nitrogens with zero attached hydrogens (tertiary/aromatic N) is 4. The van der Waals surface area contributed by atoms with Crippen molar-refractivity contribution in [3.05, 3.63) is 11.4 Å². The molecule has 0 unspecified atom stereocenters. The number of aromatic nitrogens is 3. The first kappa shape index (κ1) is 10.5. The normalized spacial score (nSPS) is 11.4. The molecule has 0 amide bonds. The van der Waals surface area contributed by atoms with Crippen LogP contribution < -0.4 is 0 Å². The number of hydrogen-bond acceptors (Lipinski definition) is 3. The zero-order valence-electron chi connectivity index (χ0n) is 7.34. The van der Waals surface area contributed by atoms with Crippen molar-refractivity contribution >= 4 is 0 Å². The average Bonchev–Trinajstić information content (AvgIpc) is 2.47. The van der Waals surface area contributed by atoms with E-state index in [9.17, 15) is 13.2 Å². The predicted molar refractivity (Wildman–Crippen MR) is 40.0 cm³/mol. The molecule has 0 aliphatic carbocycles. The van der Waals surface area contributed by atoms with Gasteiger partial charge in [0.1, 0.15) is 6.07 Å². The highest BCUT2D eigenvalue weighted by molar-refractivity contribution is 5.27. The second-order valence-corrected chi connectivity index (χ2v) is 2.62. The SMILES string of the molecule is CCCn1nnc(C(F)(F)F)c1C#N. The van der Waals surface area contributed by atoms with Crippen LogP contribution in [0.2, 0.25) is 0 Å². The lowest BCUT2D eigenvalue weighted by Crippen LogP contribution is -2.09. The van der Waals surface area contributed by atoms with Gasteiger partial charge in [0.15, 0.2) is 5.69 Å². The second-order valence-electron chi connectivity index (χ2n) is 2.62. The Morgan fingerprint density at radius 2 is 2.14 bits per heavy atom. The molecule has 1 rings (SSSR count). The van der Waals surface area contributed by atoms with Gasteiger partial charge in [0.05, 0.1) is 0 Å². The van der Waals surface area contributed by atoms with Gasteiger partial charge < -0.3 is 0 Å². The fraction of sp³-hybridized carbons (Fsp3) is 0.571.